The Balaban J connectivity index is 2.71. The highest BCUT2D eigenvalue weighted by Crippen LogP contribution is 2.44. The van der Waals surface area contributed by atoms with Crippen molar-refractivity contribution < 1.29 is 15.3 Å². The molecule has 0 heterocycles. The molecule has 0 aliphatic rings. The first kappa shape index (κ1) is 12.3. The number of rotatable bonds is 1. The summed E-state index contributed by atoms with van der Waals surface area (Å²) in [6.45, 7) is 5.79. The average Bonchev–Trinajstić information content (AvgIpc) is 2.31. The fourth-order valence-corrected chi connectivity index (χ4v) is 2.03. The van der Waals surface area contributed by atoms with E-state index in [0.29, 0.717) is 11.1 Å². The Morgan fingerprint density at radius 2 is 1.39 bits per heavy atom. The molecule has 18 heavy (non-hydrogen) atoms. The third-order valence-electron chi connectivity index (χ3n) is 3.25. The van der Waals surface area contributed by atoms with Gasteiger partial charge in [-0.3, -0.25) is 0 Å². The van der Waals surface area contributed by atoms with Crippen molar-refractivity contribution in [3.63, 3.8) is 0 Å². The predicted molar refractivity (Wildman–Crippen MR) is 71.1 cm³/mol. The van der Waals surface area contributed by atoms with Crippen LogP contribution in [-0.2, 0) is 0 Å². The standard InChI is InChI=1S/C15H16O3/c1-8-4-5-11(6-9(8)2)13-10(3)7-12(16)14(17)15(13)18/h4-7,16-18H,1-3H3. The molecule has 0 radical (unpaired) electrons. The van der Waals surface area contributed by atoms with Gasteiger partial charge in [0.1, 0.15) is 0 Å². The first-order valence-electron chi connectivity index (χ1n) is 5.74. The van der Waals surface area contributed by atoms with Gasteiger partial charge in [0.2, 0.25) is 5.75 Å². The van der Waals surface area contributed by atoms with Crippen molar-refractivity contribution in [2.24, 2.45) is 0 Å². The lowest BCUT2D eigenvalue weighted by atomic mass is 9.95. The van der Waals surface area contributed by atoms with Gasteiger partial charge in [-0.15, -0.1) is 0 Å². The van der Waals surface area contributed by atoms with Crippen LogP contribution >= 0.6 is 0 Å². The second-order valence-corrected chi connectivity index (χ2v) is 4.58. The zero-order valence-corrected chi connectivity index (χ0v) is 10.7. The SMILES string of the molecule is Cc1ccc(-c2c(C)cc(O)c(O)c2O)cc1C. The topological polar surface area (TPSA) is 60.7 Å². The molecule has 2 rings (SSSR count). The average molecular weight is 244 g/mol. The molecule has 3 N–H and O–H groups in total. The second kappa shape index (κ2) is 4.26. The summed E-state index contributed by atoms with van der Waals surface area (Å²) < 4.78 is 0. The van der Waals surface area contributed by atoms with Gasteiger partial charge < -0.3 is 15.3 Å². The van der Waals surface area contributed by atoms with Gasteiger partial charge in [-0.05, 0) is 49.1 Å². The molecule has 0 atom stereocenters. The maximum atomic E-state index is 9.96. The molecule has 0 spiro atoms. The van der Waals surface area contributed by atoms with Gasteiger partial charge >= 0.3 is 0 Å². The Labute approximate surface area is 106 Å². The minimum atomic E-state index is -0.478. The van der Waals surface area contributed by atoms with Crippen molar-refractivity contribution >= 4 is 0 Å². The highest BCUT2D eigenvalue weighted by molar-refractivity contribution is 5.79. The van der Waals surface area contributed by atoms with E-state index in [0.717, 1.165) is 11.1 Å². The summed E-state index contributed by atoms with van der Waals surface area (Å²) in [5, 5.41) is 29.0. The number of phenols is 3. The lowest BCUT2D eigenvalue weighted by Crippen LogP contribution is -1.88. The van der Waals surface area contributed by atoms with E-state index in [9.17, 15) is 15.3 Å². The van der Waals surface area contributed by atoms with Gasteiger partial charge in [-0.2, -0.15) is 0 Å². The molecule has 0 fully saturated rings. The van der Waals surface area contributed by atoms with Gasteiger partial charge in [-0.25, -0.2) is 0 Å². The van der Waals surface area contributed by atoms with E-state index in [2.05, 4.69) is 0 Å². The number of hydrogen-bond acceptors (Lipinski definition) is 3. The van der Waals surface area contributed by atoms with E-state index in [1.165, 1.54) is 11.6 Å². The molecule has 94 valence electrons. The van der Waals surface area contributed by atoms with Gasteiger partial charge in [-0.1, -0.05) is 18.2 Å². The fraction of sp³-hybridized carbons (Fsp3) is 0.200. The second-order valence-electron chi connectivity index (χ2n) is 4.58. The maximum Gasteiger partial charge on any atom is 0.200 e. The molecule has 0 saturated heterocycles. The molecule has 0 unspecified atom stereocenters. The lowest BCUT2D eigenvalue weighted by Gasteiger charge is -2.13. The van der Waals surface area contributed by atoms with E-state index in [-0.39, 0.29) is 11.5 Å². The number of aromatic hydroxyl groups is 3. The number of benzene rings is 2. The summed E-state index contributed by atoms with van der Waals surface area (Å²) in [6.07, 6.45) is 0. The molecular weight excluding hydrogens is 228 g/mol. The Hall–Kier alpha value is -2.16. The largest absolute Gasteiger partial charge is 0.504 e. The van der Waals surface area contributed by atoms with Crippen LogP contribution in [0, 0.1) is 20.8 Å². The molecular formula is C15H16O3. The van der Waals surface area contributed by atoms with Crippen molar-refractivity contribution in [3.8, 4) is 28.4 Å². The highest BCUT2D eigenvalue weighted by Gasteiger charge is 2.16. The van der Waals surface area contributed by atoms with Crippen molar-refractivity contribution in [1.82, 2.24) is 0 Å². The van der Waals surface area contributed by atoms with E-state index < -0.39 is 5.75 Å². The van der Waals surface area contributed by atoms with Crippen molar-refractivity contribution in [2.45, 2.75) is 20.8 Å². The van der Waals surface area contributed by atoms with Crippen molar-refractivity contribution in [3.05, 3.63) is 41.0 Å². The first-order chi connectivity index (χ1) is 8.41. The van der Waals surface area contributed by atoms with Crippen LogP contribution in [0.1, 0.15) is 16.7 Å². The van der Waals surface area contributed by atoms with Crippen molar-refractivity contribution in [2.75, 3.05) is 0 Å². The molecule has 2 aromatic rings. The van der Waals surface area contributed by atoms with Gasteiger partial charge in [0.15, 0.2) is 11.5 Å². The summed E-state index contributed by atoms with van der Waals surface area (Å²) in [5.74, 6) is -1.07. The smallest absolute Gasteiger partial charge is 0.200 e. The molecule has 0 aliphatic carbocycles. The molecule has 0 aromatic heterocycles. The zero-order chi connectivity index (χ0) is 13.4. The van der Waals surface area contributed by atoms with E-state index in [4.69, 9.17) is 0 Å². The minimum Gasteiger partial charge on any atom is -0.504 e. The Morgan fingerprint density at radius 3 is 2.00 bits per heavy atom. The third kappa shape index (κ3) is 1.88. The molecule has 0 aliphatic heterocycles. The quantitative estimate of drug-likeness (QED) is 0.674. The summed E-state index contributed by atoms with van der Waals surface area (Å²) in [4.78, 5) is 0. The van der Waals surface area contributed by atoms with Crippen LogP contribution in [-0.4, -0.2) is 15.3 Å². The monoisotopic (exact) mass is 244 g/mol. The van der Waals surface area contributed by atoms with Crippen LogP contribution in [0.5, 0.6) is 17.2 Å². The van der Waals surface area contributed by atoms with Gasteiger partial charge in [0.25, 0.3) is 0 Å². The van der Waals surface area contributed by atoms with E-state index in [1.807, 2.05) is 32.0 Å². The Morgan fingerprint density at radius 1 is 0.722 bits per heavy atom. The molecule has 0 saturated carbocycles. The van der Waals surface area contributed by atoms with E-state index in [1.54, 1.807) is 6.92 Å². The van der Waals surface area contributed by atoms with Crippen LogP contribution < -0.4 is 0 Å². The minimum absolute atomic E-state index is 0.282. The third-order valence-corrected chi connectivity index (χ3v) is 3.25. The first-order valence-corrected chi connectivity index (χ1v) is 5.74. The molecule has 0 amide bonds. The molecule has 3 nitrogen and oxygen atoms in total. The van der Waals surface area contributed by atoms with Crippen LogP contribution in [0.25, 0.3) is 11.1 Å². The molecule has 3 heteroatoms. The highest BCUT2D eigenvalue weighted by atomic mass is 16.3. The van der Waals surface area contributed by atoms with Crippen LogP contribution in [0.3, 0.4) is 0 Å². The molecule has 2 aromatic carbocycles. The number of hydrogen-bond donors (Lipinski definition) is 3. The van der Waals surface area contributed by atoms with Gasteiger partial charge in [0, 0.05) is 5.56 Å². The Bertz CT molecular complexity index is 616. The summed E-state index contributed by atoms with van der Waals surface area (Å²) in [6, 6.07) is 7.25. The van der Waals surface area contributed by atoms with Crippen LogP contribution in [0.15, 0.2) is 24.3 Å². The van der Waals surface area contributed by atoms with Crippen molar-refractivity contribution in [1.29, 1.82) is 0 Å². The lowest BCUT2D eigenvalue weighted by molar-refractivity contribution is 0.368. The van der Waals surface area contributed by atoms with Crippen LogP contribution in [0.2, 0.25) is 0 Å². The number of aryl methyl sites for hydroxylation is 3. The van der Waals surface area contributed by atoms with E-state index >= 15 is 0 Å². The predicted octanol–water partition coefficient (Wildman–Crippen LogP) is 3.40. The van der Waals surface area contributed by atoms with Crippen LogP contribution in [0.4, 0.5) is 0 Å². The van der Waals surface area contributed by atoms with Gasteiger partial charge in [0.05, 0.1) is 0 Å². The molecule has 0 bridgehead atoms. The fourth-order valence-electron chi connectivity index (χ4n) is 2.03. The summed E-state index contributed by atoms with van der Waals surface area (Å²) in [5.41, 5.74) is 4.36. The summed E-state index contributed by atoms with van der Waals surface area (Å²) >= 11 is 0. The normalized spacial score (nSPS) is 10.6. The number of phenolic OH excluding ortho intramolecular Hbond substituents is 3. The Kier molecular flexibility index (Phi) is 2.91. The summed E-state index contributed by atoms with van der Waals surface area (Å²) in [7, 11) is 0. The maximum absolute atomic E-state index is 9.96. The zero-order valence-electron chi connectivity index (χ0n) is 10.7.